The molecular formula is C34H36IrNO2SeSi-. The van der Waals surface area contributed by atoms with Gasteiger partial charge in [-0.1, -0.05) is 41.5 Å². The van der Waals surface area contributed by atoms with Crippen molar-refractivity contribution in [3.63, 3.8) is 0 Å². The molecule has 0 amide bonds. The normalized spacial score (nSPS) is 14.3. The van der Waals surface area contributed by atoms with Crippen molar-refractivity contribution in [3.05, 3.63) is 78.7 Å². The van der Waals surface area contributed by atoms with Crippen LogP contribution in [-0.2, 0) is 24.9 Å². The van der Waals surface area contributed by atoms with Crippen LogP contribution in [0.25, 0.3) is 41.3 Å². The predicted octanol–water partition coefficient (Wildman–Crippen LogP) is 7.29. The second kappa shape index (κ2) is 10.8. The number of carbonyl (C=O) groups excluding carboxylic acids is 1. The maximum atomic E-state index is 11.5. The molecule has 6 rings (SSSR count). The van der Waals surface area contributed by atoms with Crippen LogP contribution in [0.3, 0.4) is 0 Å². The van der Waals surface area contributed by atoms with Crippen LogP contribution < -0.4 is 10.4 Å². The molecule has 1 aliphatic heterocycles. The van der Waals surface area contributed by atoms with Gasteiger partial charge in [0.2, 0.25) is 0 Å². The Bertz CT molecular complexity index is 1790. The fourth-order valence-corrected chi connectivity index (χ4v) is 10.6. The monoisotopic (exact) mass is 791 g/mol. The number of benzene rings is 3. The fraction of sp³-hybridized carbons (Fsp3) is 0.294. The van der Waals surface area contributed by atoms with Gasteiger partial charge in [0, 0.05) is 37.0 Å². The van der Waals surface area contributed by atoms with Gasteiger partial charge in [0.1, 0.15) is 5.76 Å². The summed E-state index contributed by atoms with van der Waals surface area (Å²) in [4.78, 5) is 16.4. The van der Waals surface area contributed by atoms with E-state index in [0.717, 1.165) is 5.69 Å². The summed E-state index contributed by atoms with van der Waals surface area (Å²) < 4.78 is 3.00. The van der Waals surface area contributed by atoms with Crippen LogP contribution in [-0.4, -0.2) is 38.5 Å². The first-order chi connectivity index (χ1) is 18.2. The van der Waals surface area contributed by atoms with E-state index in [2.05, 4.69) is 73.8 Å². The average molecular weight is 790 g/mol. The zero-order valence-corrected chi connectivity index (χ0v) is 29.5. The van der Waals surface area contributed by atoms with Gasteiger partial charge in [-0.05, 0) is 0 Å². The summed E-state index contributed by atoms with van der Waals surface area (Å²) in [5.41, 5.74) is 1.62. The first kappa shape index (κ1) is 30.6. The number of aromatic nitrogens is 1. The topological polar surface area (TPSA) is 50.2 Å². The van der Waals surface area contributed by atoms with E-state index in [-0.39, 0.29) is 37.1 Å². The Hall–Kier alpha value is -2.33. The number of rotatable bonds is 1. The molecule has 0 bridgehead atoms. The molecule has 1 radical (unpaired) electrons. The number of fused-ring (bicyclic) bond motifs is 3. The van der Waals surface area contributed by atoms with Gasteiger partial charge in [0.05, 0.1) is 0 Å². The maximum absolute atomic E-state index is 11.5. The van der Waals surface area contributed by atoms with Crippen molar-refractivity contribution in [3.8, 4) is 11.3 Å². The Morgan fingerprint density at radius 1 is 0.900 bits per heavy atom. The molecule has 0 aliphatic carbocycles. The van der Waals surface area contributed by atoms with E-state index in [4.69, 9.17) is 4.98 Å². The summed E-state index contributed by atoms with van der Waals surface area (Å²) in [5.74, 6) is 0.104. The summed E-state index contributed by atoms with van der Waals surface area (Å²) in [6.07, 6.45) is 3.33. The molecule has 1 N–H and O–H groups in total. The second-order valence-electron chi connectivity index (χ2n) is 13.0. The number of carbonyl (C=O) groups is 1. The summed E-state index contributed by atoms with van der Waals surface area (Å²) in [7, 11) is -1.86. The van der Waals surface area contributed by atoms with Crippen LogP contribution in [0.2, 0.25) is 13.1 Å². The zero-order valence-electron chi connectivity index (χ0n) is 24.4. The van der Waals surface area contributed by atoms with Gasteiger partial charge >= 0.3 is 159 Å². The number of nitrogens with zero attached hydrogens (tertiary/aromatic N) is 1. The quantitative estimate of drug-likeness (QED) is 0.0841. The Labute approximate surface area is 257 Å². The number of ketones is 1. The van der Waals surface area contributed by atoms with E-state index in [1.54, 1.807) is 5.19 Å². The number of allylic oxidation sites excluding steroid dienone is 2. The van der Waals surface area contributed by atoms with E-state index in [1.165, 1.54) is 46.9 Å². The number of pyridine rings is 1. The van der Waals surface area contributed by atoms with Crippen molar-refractivity contribution in [2.24, 2.45) is 10.8 Å². The summed E-state index contributed by atoms with van der Waals surface area (Å²) >= 11 is 0.386. The van der Waals surface area contributed by atoms with Crippen molar-refractivity contribution < 1.29 is 30.0 Å². The SMILES string of the molecule is CC(C)(C)C(=O)/C=C(\O)C(C)(C)C.C[Si]1(C)c2cc3ccccc3[c-]c2-c2nccc3[se]c4cccc1c4c23.[Ir]. The molecule has 3 nitrogen and oxygen atoms in total. The molecule has 1 aliphatic rings. The molecule has 0 unspecified atom stereocenters. The maximum Gasteiger partial charge on any atom is 0 e. The van der Waals surface area contributed by atoms with Crippen LogP contribution in [0, 0.1) is 16.9 Å². The molecule has 0 saturated carbocycles. The third kappa shape index (κ3) is 5.45. The summed E-state index contributed by atoms with van der Waals surface area (Å²) in [5, 5.41) is 17.9. The van der Waals surface area contributed by atoms with Gasteiger partial charge in [0.25, 0.3) is 0 Å². The van der Waals surface area contributed by atoms with Crippen LogP contribution in [0.1, 0.15) is 41.5 Å². The van der Waals surface area contributed by atoms with Crippen LogP contribution >= 0.6 is 0 Å². The third-order valence-electron chi connectivity index (χ3n) is 7.56. The molecule has 0 atom stereocenters. The van der Waals surface area contributed by atoms with E-state index in [0.29, 0.717) is 14.5 Å². The van der Waals surface area contributed by atoms with Gasteiger partial charge in [-0.15, -0.1) is 0 Å². The smallest absolute Gasteiger partial charge is 0 e. The van der Waals surface area contributed by atoms with Crippen LogP contribution in [0.5, 0.6) is 0 Å². The molecule has 6 heteroatoms. The second-order valence-corrected chi connectivity index (χ2v) is 19.6. The fourth-order valence-electron chi connectivity index (χ4n) is 5.02. The molecule has 209 valence electrons. The molecular weight excluding hydrogens is 754 g/mol. The molecule has 5 aromatic rings. The van der Waals surface area contributed by atoms with Crippen molar-refractivity contribution in [1.29, 1.82) is 0 Å². The van der Waals surface area contributed by atoms with E-state index >= 15 is 0 Å². The van der Waals surface area contributed by atoms with Gasteiger partial charge in [-0.3, -0.25) is 4.79 Å². The van der Waals surface area contributed by atoms with E-state index < -0.39 is 13.5 Å². The zero-order chi connectivity index (χ0) is 28.3. The third-order valence-corrected chi connectivity index (χ3v) is 13.4. The van der Waals surface area contributed by atoms with Gasteiger partial charge < -0.3 is 5.11 Å². The molecule has 3 heterocycles. The minimum absolute atomic E-state index is 0. The van der Waals surface area contributed by atoms with Crippen molar-refractivity contribution >= 4 is 68.8 Å². The average Bonchev–Trinajstić information content (AvgIpc) is 3.22. The molecule has 40 heavy (non-hydrogen) atoms. The standard InChI is InChI=1S/C23H16NSeSi.C11H20O2.Ir/c1-26(2)19-9-5-8-17-21(19)22-18(25-17)10-11-24-23(22)16-12-14-6-3-4-7-15(14)13-20(16)26;1-10(2,3)8(12)7-9(13)11(4,5)6;/h3-11,13H,1-2H3;7,12H,1-6H3;/q-1;;/b;8-7-;. The number of hydrogen-bond acceptors (Lipinski definition) is 3. The Kier molecular flexibility index (Phi) is 8.28. The number of aliphatic hydroxyl groups is 1. The van der Waals surface area contributed by atoms with Gasteiger partial charge in [-0.25, -0.2) is 0 Å². The number of aliphatic hydroxyl groups excluding tert-OH is 1. The first-order valence-electron chi connectivity index (χ1n) is 13.4. The minimum atomic E-state index is -1.86. The molecule has 0 saturated heterocycles. The Morgan fingerprint density at radius 2 is 1.57 bits per heavy atom. The first-order valence-corrected chi connectivity index (χ1v) is 18.1. The molecule has 3 aromatic carbocycles. The Morgan fingerprint density at radius 3 is 2.25 bits per heavy atom. The van der Waals surface area contributed by atoms with Gasteiger partial charge in [0.15, 0.2) is 5.78 Å². The van der Waals surface area contributed by atoms with Gasteiger partial charge in [-0.2, -0.15) is 0 Å². The largest absolute Gasteiger partial charge is 0 e. The number of hydrogen-bond donors (Lipinski definition) is 1. The predicted molar refractivity (Wildman–Crippen MR) is 169 cm³/mol. The summed E-state index contributed by atoms with van der Waals surface area (Å²) in [6.45, 7) is 16.1. The Balaban J connectivity index is 0.000000229. The minimum Gasteiger partial charge on any atom is 0 e. The van der Waals surface area contributed by atoms with Crippen LogP contribution in [0.4, 0.5) is 0 Å². The molecule has 2 aromatic heterocycles. The van der Waals surface area contributed by atoms with Crippen molar-refractivity contribution in [2.45, 2.75) is 54.6 Å². The van der Waals surface area contributed by atoms with Crippen LogP contribution in [0.15, 0.2) is 72.6 Å². The summed E-state index contributed by atoms with van der Waals surface area (Å²) in [6, 6.07) is 24.0. The van der Waals surface area contributed by atoms with Crippen molar-refractivity contribution in [1.82, 2.24) is 4.98 Å². The molecule has 0 spiro atoms. The van der Waals surface area contributed by atoms with E-state index in [9.17, 15) is 9.90 Å². The van der Waals surface area contributed by atoms with E-state index in [1.807, 2.05) is 47.7 Å². The van der Waals surface area contributed by atoms with Crippen molar-refractivity contribution in [2.75, 3.05) is 0 Å². The molecule has 0 fully saturated rings.